The van der Waals surface area contributed by atoms with Crippen LogP contribution < -0.4 is 25.0 Å². The number of fused-ring (bicyclic) bond motifs is 1. The van der Waals surface area contributed by atoms with Gasteiger partial charge in [0.1, 0.15) is 41.0 Å². The van der Waals surface area contributed by atoms with Crippen LogP contribution in [0.4, 0.5) is 40.6 Å². The van der Waals surface area contributed by atoms with E-state index in [1.54, 1.807) is 36.3 Å². The molecule has 2 saturated heterocycles. The molecule has 6 rings (SSSR count). The highest BCUT2D eigenvalue weighted by molar-refractivity contribution is 5.95. The predicted octanol–water partition coefficient (Wildman–Crippen LogP) is 6.99. The number of benzene rings is 2. The van der Waals surface area contributed by atoms with Crippen LogP contribution in [0.5, 0.6) is 17.2 Å². The van der Waals surface area contributed by atoms with E-state index in [0.717, 1.165) is 31.6 Å². The Morgan fingerprint density at radius 3 is 2.47 bits per heavy atom. The van der Waals surface area contributed by atoms with Crippen LogP contribution in [0.25, 0.3) is 10.9 Å². The first-order valence-electron chi connectivity index (χ1n) is 15.0. The number of hydrogen-bond acceptors (Lipinski definition) is 9. The van der Waals surface area contributed by atoms with Gasteiger partial charge in [-0.2, -0.15) is 13.2 Å². The zero-order chi connectivity index (χ0) is 31.6. The topological polar surface area (TPSA) is 87.7 Å². The Labute approximate surface area is 258 Å². The molecule has 0 bridgehead atoms. The molecule has 2 fully saturated rings. The van der Waals surface area contributed by atoms with Crippen molar-refractivity contribution in [1.29, 1.82) is 0 Å². The number of nitrogens with one attached hydrogen (secondary N) is 2. The van der Waals surface area contributed by atoms with Crippen LogP contribution in [0.3, 0.4) is 0 Å². The summed E-state index contributed by atoms with van der Waals surface area (Å²) in [7, 11) is 3.73. The molecule has 2 aliphatic rings. The Bertz CT molecular complexity index is 1650. The summed E-state index contributed by atoms with van der Waals surface area (Å²) in [5.41, 5.74) is 1.64. The van der Waals surface area contributed by atoms with E-state index in [0.29, 0.717) is 53.0 Å². The smallest absolute Gasteiger partial charge is 0.393 e. The fraction of sp³-hybridized carbons (Fsp3) is 0.406. The minimum absolute atomic E-state index is 0.103. The number of alkyl halides is 3. The number of halogens is 4. The zero-order valence-corrected chi connectivity index (χ0v) is 25.1. The first-order chi connectivity index (χ1) is 21.7. The molecule has 4 heterocycles. The summed E-state index contributed by atoms with van der Waals surface area (Å²) in [5.74, 6) is 0.0758. The molecule has 0 amide bonds. The van der Waals surface area contributed by atoms with Crippen molar-refractivity contribution >= 4 is 33.9 Å². The number of anilines is 4. The monoisotopic (exact) mass is 625 g/mol. The van der Waals surface area contributed by atoms with Crippen LogP contribution in [0.15, 0.2) is 55.0 Å². The average Bonchev–Trinajstić information content (AvgIpc) is 3.03. The maximum atomic E-state index is 15.4. The fourth-order valence-electron chi connectivity index (χ4n) is 5.85. The van der Waals surface area contributed by atoms with Gasteiger partial charge in [0.05, 0.1) is 29.9 Å². The highest BCUT2D eigenvalue weighted by Crippen LogP contribution is 2.37. The van der Waals surface area contributed by atoms with Gasteiger partial charge in [0, 0.05) is 48.9 Å². The van der Waals surface area contributed by atoms with Crippen molar-refractivity contribution in [3.8, 4) is 17.2 Å². The first kappa shape index (κ1) is 30.6. The highest BCUT2D eigenvalue weighted by atomic mass is 19.4. The standard InChI is InChI=1S/C32H35F4N7O2/c1-42-12-8-21(9-13-42)40-28-16-24-27(17-29(28)44-2)38-19-39-31(24)41-26-6-5-22(14-25(26)33)45-23-7-10-37-30(15-23)43-11-3-4-20(18-43)32(34,35)36/h5-7,10,14-17,19-21,40H,3-4,8-9,11-13,18H2,1-2H3,(H,38,39,41). The number of hydrogen-bond donors (Lipinski definition) is 2. The minimum atomic E-state index is -4.25. The third kappa shape index (κ3) is 7.14. The third-order valence-corrected chi connectivity index (χ3v) is 8.39. The van der Waals surface area contributed by atoms with Gasteiger partial charge >= 0.3 is 6.18 Å². The molecule has 1 atom stereocenters. The Morgan fingerprint density at radius 2 is 1.71 bits per heavy atom. The van der Waals surface area contributed by atoms with Crippen molar-refractivity contribution in [2.24, 2.45) is 5.92 Å². The van der Waals surface area contributed by atoms with E-state index in [-0.39, 0.29) is 24.4 Å². The van der Waals surface area contributed by atoms with Gasteiger partial charge in [0.2, 0.25) is 0 Å². The number of pyridine rings is 1. The number of rotatable bonds is 8. The summed E-state index contributed by atoms with van der Waals surface area (Å²) in [6.07, 6.45) is 1.16. The van der Waals surface area contributed by atoms with Gasteiger partial charge in [0.15, 0.2) is 0 Å². The lowest BCUT2D eigenvalue weighted by atomic mass is 9.97. The molecular formula is C32H35F4N7O2. The molecule has 2 aromatic heterocycles. The second-order valence-electron chi connectivity index (χ2n) is 11.6. The van der Waals surface area contributed by atoms with Gasteiger partial charge in [-0.3, -0.25) is 0 Å². The van der Waals surface area contributed by atoms with E-state index in [1.165, 1.54) is 18.6 Å². The molecule has 2 aliphatic heterocycles. The highest BCUT2D eigenvalue weighted by Gasteiger charge is 2.42. The van der Waals surface area contributed by atoms with Gasteiger partial charge in [-0.05, 0) is 70.1 Å². The van der Waals surface area contributed by atoms with Crippen molar-refractivity contribution in [3.05, 3.63) is 60.8 Å². The quantitative estimate of drug-likeness (QED) is 0.201. The predicted molar refractivity (Wildman–Crippen MR) is 165 cm³/mol. The number of likely N-dealkylation sites (tertiary alicyclic amines) is 1. The summed E-state index contributed by atoms with van der Waals surface area (Å²) in [6, 6.07) is 11.6. The maximum Gasteiger partial charge on any atom is 0.393 e. The number of nitrogens with zero attached hydrogens (tertiary/aromatic N) is 5. The number of methoxy groups -OCH3 is 1. The molecule has 0 saturated carbocycles. The molecule has 2 N–H and O–H groups in total. The Kier molecular flexibility index (Phi) is 8.79. The lowest BCUT2D eigenvalue weighted by Gasteiger charge is -2.34. The van der Waals surface area contributed by atoms with E-state index < -0.39 is 17.9 Å². The molecule has 4 aromatic rings. The Morgan fingerprint density at radius 1 is 0.911 bits per heavy atom. The Hall–Kier alpha value is -4.39. The largest absolute Gasteiger partial charge is 0.495 e. The summed E-state index contributed by atoms with van der Waals surface area (Å²) in [5, 5.41) is 7.38. The van der Waals surface area contributed by atoms with Gasteiger partial charge in [0.25, 0.3) is 0 Å². The molecule has 1 unspecified atom stereocenters. The summed E-state index contributed by atoms with van der Waals surface area (Å²) < 4.78 is 66.8. The van der Waals surface area contributed by atoms with Crippen molar-refractivity contribution in [2.45, 2.75) is 37.9 Å². The summed E-state index contributed by atoms with van der Waals surface area (Å²) >= 11 is 0. The zero-order valence-electron chi connectivity index (χ0n) is 25.1. The lowest BCUT2D eigenvalue weighted by molar-refractivity contribution is -0.176. The van der Waals surface area contributed by atoms with Crippen molar-refractivity contribution < 1.29 is 27.0 Å². The fourth-order valence-corrected chi connectivity index (χ4v) is 5.85. The second-order valence-corrected chi connectivity index (χ2v) is 11.6. The summed E-state index contributed by atoms with van der Waals surface area (Å²) in [4.78, 5) is 16.9. The average molecular weight is 626 g/mol. The number of ether oxygens (including phenoxy) is 2. The van der Waals surface area contributed by atoms with Crippen LogP contribution in [0.2, 0.25) is 0 Å². The van der Waals surface area contributed by atoms with E-state index in [9.17, 15) is 13.2 Å². The molecule has 0 aliphatic carbocycles. The van der Waals surface area contributed by atoms with Crippen LogP contribution in [-0.4, -0.2) is 72.4 Å². The molecule has 9 nitrogen and oxygen atoms in total. The number of aromatic nitrogens is 3. The van der Waals surface area contributed by atoms with Crippen LogP contribution in [0, 0.1) is 11.7 Å². The van der Waals surface area contributed by atoms with E-state index >= 15 is 4.39 Å². The lowest BCUT2D eigenvalue weighted by Crippen LogP contribution is -2.42. The minimum Gasteiger partial charge on any atom is -0.495 e. The molecule has 0 radical (unpaired) electrons. The molecule has 2 aromatic carbocycles. The second kappa shape index (κ2) is 12.9. The van der Waals surface area contributed by atoms with Crippen molar-refractivity contribution in [1.82, 2.24) is 19.9 Å². The van der Waals surface area contributed by atoms with E-state index in [1.807, 2.05) is 12.1 Å². The number of piperidine rings is 2. The van der Waals surface area contributed by atoms with E-state index in [4.69, 9.17) is 9.47 Å². The van der Waals surface area contributed by atoms with Crippen molar-refractivity contribution in [2.75, 3.05) is 55.9 Å². The molecule has 13 heteroatoms. The normalized spacial score (nSPS) is 18.2. The molecular weight excluding hydrogens is 590 g/mol. The summed E-state index contributed by atoms with van der Waals surface area (Å²) in [6.45, 7) is 2.32. The Balaban J connectivity index is 1.18. The molecule has 0 spiro atoms. The molecule has 45 heavy (non-hydrogen) atoms. The van der Waals surface area contributed by atoms with Crippen LogP contribution >= 0.6 is 0 Å². The van der Waals surface area contributed by atoms with Gasteiger partial charge < -0.3 is 29.9 Å². The van der Waals surface area contributed by atoms with Gasteiger partial charge in [-0.1, -0.05) is 0 Å². The van der Waals surface area contributed by atoms with Crippen molar-refractivity contribution in [3.63, 3.8) is 0 Å². The van der Waals surface area contributed by atoms with Crippen LogP contribution in [-0.2, 0) is 0 Å². The maximum absolute atomic E-state index is 15.4. The van der Waals surface area contributed by atoms with Gasteiger partial charge in [-0.25, -0.2) is 19.3 Å². The van der Waals surface area contributed by atoms with Gasteiger partial charge in [-0.15, -0.1) is 0 Å². The third-order valence-electron chi connectivity index (χ3n) is 8.39. The molecule has 238 valence electrons. The first-order valence-corrected chi connectivity index (χ1v) is 15.0. The van der Waals surface area contributed by atoms with Crippen LogP contribution in [0.1, 0.15) is 25.7 Å². The SMILES string of the molecule is COc1cc2ncnc(Nc3ccc(Oc4ccnc(N5CCCC(C(F)(F)F)C5)c4)cc3F)c2cc1NC1CCN(C)CC1. The van der Waals surface area contributed by atoms with E-state index in [2.05, 4.69) is 37.5 Å².